The molecule has 1 aromatic carbocycles. The molecule has 6 nitrogen and oxygen atoms in total. The van der Waals surface area contributed by atoms with Crippen molar-refractivity contribution in [1.82, 2.24) is 4.68 Å². The van der Waals surface area contributed by atoms with Gasteiger partial charge in [-0.3, -0.25) is 9.47 Å². The van der Waals surface area contributed by atoms with Gasteiger partial charge < -0.3 is 9.52 Å². The van der Waals surface area contributed by atoms with Gasteiger partial charge in [-0.2, -0.15) is 5.01 Å². The number of thiocarbonyl (C=S) groups is 1. The number of carboxylic acids is 1. The molecule has 0 bridgehead atoms. The van der Waals surface area contributed by atoms with Crippen LogP contribution in [0.5, 0.6) is 0 Å². The molecule has 1 aliphatic rings. The fourth-order valence-corrected chi connectivity index (χ4v) is 4.59. The maximum atomic E-state index is 13.0. The number of nitrogens with zero attached hydrogens (tertiary/aromatic N) is 2. The normalized spacial score (nSPS) is 15.4. The van der Waals surface area contributed by atoms with E-state index in [9.17, 15) is 14.7 Å². The number of thioether (sulfide) groups is 1. The first-order valence-electron chi connectivity index (χ1n) is 8.82. The molecule has 0 saturated carbocycles. The Hall–Kier alpha value is -2.81. The largest absolute Gasteiger partial charge is 0.478 e. The number of aromatic carboxylic acids is 1. The number of hydrogen-bond donors (Lipinski definition) is 1. The number of halogens is 1. The highest BCUT2D eigenvalue weighted by molar-refractivity contribution is 8.27. The molecule has 2 aromatic heterocycles. The molecular weight excluding hydrogens is 444 g/mol. The summed E-state index contributed by atoms with van der Waals surface area (Å²) in [6.07, 6.45) is 1.63. The quantitative estimate of drug-likeness (QED) is 0.425. The Kier molecular flexibility index (Phi) is 5.31. The van der Waals surface area contributed by atoms with Crippen LogP contribution in [0.4, 0.5) is 0 Å². The van der Waals surface area contributed by atoms with Gasteiger partial charge in [0.25, 0.3) is 5.91 Å². The van der Waals surface area contributed by atoms with Gasteiger partial charge in [-0.1, -0.05) is 23.4 Å². The second-order valence-corrected chi connectivity index (χ2v) is 8.71. The number of aromatic nitrogens is 1. The number of hydrogen-bond acceptors (Lipinski definition) is 5. The summed E-state index contributed by atoms with van der Waals surface area (Å²) in [5.74, 6) is -0.427. The number of carbonyl (C=O) groups excluding carboxylic acids is 1. The van der Waals surface area contributed by atoms with Gasteiger partial charge in [-0.15, -0.1) is 0 Å². The zero-order valence-corrected chi connectivity index (χ0v) is 18.3. The molecule has 152 valence electrons. The molecule has 1 saturated heterocycles. The van der Waals surface area contributed by atoms with Crippen LogP contribution in [0.1, 0.15) is 27.5 Å². The maximum absolute atomic E-state index is 13.0. The highest BCUT2D eigenvalue weighted by Gasteiger charge is 2.35. The third-order valence-corrected chi connectivity index (χ3v) is 6.20. The molecule has 0 atom stereocenters. The van der Waals surface area contributed by atoms with Crippen molar-refractivity contribution in [2.45, 2.75) is 13.8 Å². The molecule has 9 heteroatoms. The summed E-state index contributed by atoms with van der Waals surface area (Å²) in [6, 6.07) is 11.9. The number of carboxylic acid groups (broad SMARTS) is 1. The summed E-state index contributed by atoms with van der Waals surface area (Å²) in [7, 11) is 0. The van der Waals surface area contributed by atoms with Crippen molar-refractivity contribution < 1.29 is 19.1 Å². The van der Waals surface area contributed by atoms with Gasteiger partial charge in [0.2, 0.25) is 0 Å². The van der Waals surface area contributed by atoms with E-state index in [-0.39, 0.29) is 16.5 Å². The third kappa shape index (κ3) is 3.58. The molecule has 1 aliphatic heterocycles. The van der Waals surface area contributed by atoms with Crippen LogP contribution in [0.2, 0.25) is 5.02 Å². The molecule has 0 aliphatic carbocycles. The Morgan fingerprint density at radius 3 is 2.53 bits per heavy atom. The molecule has 3 aromatic rings. The minimum Gasteiger partial charge on any atom is -0.478 e. The standard InChI is InChI=1S/C21H15ClN2O4S2/c1-11-3-4-12(2)23(11)24-19(25)18(30-21(24)29)10-14-6-8-17(28-14)13-5-7-16(22)15(9-13)20(26)27/h3-10H,1-2H3,(H,26,27). The first kappa shape index (κ1) is 20.5. The summed E-state index contributed by atoms with van der Waals surface area (Å²) in [5.41, 5.74) is 2.37. The minimum absolute atomic E-state index is 0.00884. The van der Waals surface area contributed by atoms with Crippen molar-refractivity contribution in [2.24, 2.45) is 0 Å². The molecule has 3 heterocycles. The third-order valence-electron chi connectivity index (χ3n) is 4.59. The monoisotopic (exact) mass is 458 g/mol. The highest BCUT2D eigenvalue weighted by atomic mass is 35.5. The first-order valence-corrected chi connectivity index (χ1v) is 10.4. The lowest BCUT2D eigenvalue weighted by molar-refractivity contribution is -0.114. The first-order chi connectivity index (χ1) is 14.3. The Morgan fingerprint density at radius 2 is 1.87 bits per heavy atom. The lowest BCUT2D eigenvalue weighted by Gasteiger charge is -2.20. The predicted molar refractivity (Wildman–Crippen MR) is 121 cm³/mol. The molecule has 4 rings (SSSR count). The summed E-state index contributed by atoms with van der Waals surface area (Å²) in [5, 5.41) is 10.9. The van der Waals surface area contributed by atoms with Gasteiger partial charge in [-0.05, 0) is 68.5 Å². The van der Waals surface area contributed by atoms with E-state index >= 15 is 0 Å². The van der Waals surface area contributed by atoms with Gasteiger partial charge in [0, 0.05) is 23.0 Å². The second-order valence-electron chi connectivity index (χ2n) is 6.62. The van der Waals surface area contributed by atoms with Crippen molar-refractivity contribution in [3.8, 4) is 11.3 Å². The second kappa shape index (κ2) is 7.79. The van der Waals surface area contributed by atoms with E-state index < -0.39 is 5.97 Å². The Balaban J connectivity index is 1.64. The summed E-state index contributed by atoms with van der Waals surface area (Å²) >= 11 is 12.5. The molecule has 0 radical (unpaired) electrons. The fourth-order valence-electron chi connectivity index (χ4n) is 3.17. The number of amides is 1. The summed E-state index contributed by atoms with van der Waals surface area (Å²) in [6.45, 7) is 3.82. The van der Waals surface area contributed by atoms with E-state index in [1.54, 1.807) is 29.0 Å². The summed E-state index contributed by atoms with van der Waals surface area (Å²) in [4.78, 5) is 24.7. The summed E-state index contributed by atoms with van der Waals surface area (Å²) < 4.78 is 8.04. The van der Waals surface area contributed by atoms with Crippen molar-refractivity contribution >= 4 is 57.9 Å². The van der Waals surface area contributed by atoms with Crippen molar-refractivity contribution in [3.05, 3.63) is 75.1 Å². The molecule has 30 heavy (non-hydrogen) atoms. The molecule has 1 fully saturated rings. The van der Waals surface area contributed by atoms with E-state index in [1.165, 1.54) is 28.9 Å². The van der Waals surface area contributed by atoms with E-state index in [0.29, 0.717) is 26.3 Å². The van der Waals surface area contributed by atoms with Crippen LogP contribution in [0, 0.1) is 13.8 Å². The van der Waals surface area contributed by atoms with Crippen LogP contribution in [-0.2, 0) is 4.79 Å². The van der Waals surface area contributed by atoms with E-state index in [0.717, 1.165) is 11.4 Å². The van der Waals surface area contributed by atoms with Gasteiger partial charge in [0.15, 0.2) is 4.32 Å². The van der Waals surface area contributed by atoms with Crippen molar-refractivity contribution in [1.29, 1.82) is 0 Å². The van der Waals surface area contributed by atoms with Gasteiger partial charge in [0.05, 0.1) is 15.5 Å². The Bertz CT molecular complexity index is 1220. The van der Waals surface area contributed by atoms with E-state index in [2.05, 4.69) is 0 Å². The number of aryl methyl sites for hydroxylation is 2. The van der Waals surface area contributed by atoms with E-state index in [4.69, 9.17) is 28.2 Å². The maximum Gasteiger partial charge on any atom is 0.337 e. The smallest absolute Gasteiger partial charge is 0.337 e. The molecular formula is C21H15ClN2O4S2. The molecule has 0 spiro atoms. The number of benzene rings is 1. The lowest BCUT2D eigenvalue weighted by atomic mass is 10.1. The number of furan rings is 1. The van der Waals surface area contributed by atoms with E-state index in [1.807, 2.05) is 26.0 Å². The fraction of sp³-hybridized carbons (Fsp3) is 0.0952. The van der Waals surface area contributed by atoms with Crippen LogP contribution in [0.25, 0.3) is 17.4 Å². The molecule has 1 amide bonds. The van der Waals surface area contributed by atoms with Crippen LogP contribution in [0.15, 0.2) is 51.8 Å². The number of carbonyl (C=O) groups is 2. The topological polar surface area (TPSA) is 75.7 Å². The molecule has 0 unspecified atom stereocenters. The van der Waals surface area contributed by atoms with Gasteiger partial charge in [-0.25, -0.2) is 4.79 Å². The van der Waals surface area contributed by atoms with Crippen LogP contribution in [0.3, 0.4) is 0 Å². The lowest BCUT2D eigenvalue weighted by Crippen LogP contribution is -2.39. The highest BCUT2D eigenvalue weighted by Crippen LogP contribution is 2.34. The average Bonchev–Trinajstić information content (AvgIpc) is 3.36. The van der Waals surface area contributed by atoms with Gasteiger partial charge >= 0.3 is 5.97 Å². The van der Waals surface area contributed by atoms with Gasteiger partial charge in [0.1, 0.15) is 11.5 Å². The van der Waals surface area contributed by atoms with Crippen LogP contribution in [-0.4, -0.2) is 26.0 Å². The number of rotatable bonds is 4. The average molecular weight is 459 g/mol. The SMILES string of the molecule is Cc1ccc(C)n1N1C(=O)C(=Cc2ccc(-c3ccc(Cl)c(C(=O)O)c3)o2)SC1=S. The predicted octanol–water partition coefficient (Wildman–Crippen LogP) is 5.25. The van der Waals surface area contributed by atoms with Crippen molar-refractivity contribution in [3.63, 3.8) is 0 Å². The van der Waals surface area contributed by atoms with Crippen molar-refractivity contribution in [2.75, 3.05) is 5.01 Å². The zero-order valence-electron chi connectivity index (χ0n) is 15.9. The molecule has 1 N–H and O–H groups in total. The Morgan fingerprint density at radius 1 is 1.17 bits per heavy atom. The van der Waals surface area contributed by atoms with Crippen LogP contribution >= 0.6 is 35.6 Å². The zero-order chi connectivity index (χ0) is 21.6. The minimum atomic E-state index is -1.12. The Labute approximate surface area is 186 Å². The van der Waals surface area contributed by atoms with Crippen LogP contribution < -0.4 is 5.01 Å².